The number of likely N-dealkylation sites (tertiary alicyclic amines) is 1. The molecule has 0 unspecified atom stereocenters. The molecule has 0 atom stereocenters. The zero-order valence-corrected chi connectivity index (χ0v) is 11.4. The Hall–Kier alpha value is -0.160. The van der Waals surface area contributed by atoms with E-state index >= 15 is 0 Å². The minimum atomic E-state index is 0.780. The van der Waals surface area contributed by atoms with Crippen LogP contribution in [0.5, 0.6) is 0 Å². The van der Waals surface area contributed by atoms with E-state index in [2.05, 4.69) is 10.2 Å². The number of hydrogen-bond donors (Lipinski definition) is 1. The van der Waals surface area contributed by atoms with Gasteiger partial charge in [0.2, 0.25) is 0 Å². The second-order valence-corrected chi connectivity index (χ2v) is 4.69. The molecule has 0 spiro atoms. The van der Waals surface area contributed by atoms with Gasteiger partial charge in [-0.1, -0.05) is 0 Å². The second kappa shape index (κ2) is 9.83. The van der Waals surface area contributed by atoms with Gasteiger partial charge in [0.15, 0.2) is 0 Å². The fourth-order valence-corrected chi connectivity index (χ4v) is 2.26. The number of ether oxygens (including phenoxy) is 2. The van der Waals surface area contributed by atoms with Gasteiger partial charge in [0.1, 0.15) is 0 Å². The maximum Gasteiger partial charge on any atom is 0.0590 e. The molecular weight excluding hydrogens is 216 g/mol. The molecule has 1 fully saturated rings. The minimum absolute atomic E-state index is 0.780. The van der Waals surface area contributed by atoms with Crippen molar-refractivity contribution in [2.45, 2.75) is 19.8 Å². The first kappa shape index (κ1) is 14.9. The molecule has 0 amide bonds. The maximum atomic E-state index is 5.28. The summed E-state index contributed by atoms with van der Waals surface area (Å²) in [5, 5.41) is 3.41. The van der Waals surface area contributed by atoms with E-state index in [0.717, 1.165) is 45.4 Å². The van der Waals surface area contributed by atoms with Gasteiger partial charge in [-0.25, -0.2) is 0 Å². The van der Waals surface area contributed by atoms with Gasteiger partial charge in [-0.05, 0) is 38.8 Å². The minimum Gasteiger partial charge on any atom is -0.384 e. The fourth-order valence-electron chi connectivity index (χ4n) is 2.26. The molecule has 17 heavy (non-hydrogen) atoms. The number of methoxy groups -OCH3 is 1. The van der Waals surface area contributed by atoms with E-state index in [1.807, 2.05) is 6.92 Å². The van der Waals surface area contributed by atoms with Crippen molar-refractivity contribution in [2.75, 3.05) is 59.7 Å². The van der Waals surface area contributed by atoms with Crippen LogP contribution in [0.2, 0.25) is 0 Å². The summed E-state index contributed by atoms with van der Waals surface area (Å²) < 4.78 is 10.5. The number of hydrogen-bond acceptors (Lipinski definition) is 4. The van der Waals surface area contributed by atoms with Crippen LogP contribution >= 0.6 is 0 Å². The molecule has 102 valence electrons. The van der Waals surface area contributed by atoms with E-state index < -0.39 is 0 Å². The molecule has 0 aromatic carbocycles. The molecule has 4 heteroatoms. The molecule has 1 rings (SSSR count). The maximum absolute atomic E-state index is 5.28. The van der Waals surface area contributed by atoms with Gasteiger partial charge < -0.3 is 19.7 Å². The quantitative estimate of drug-likeness (QED) is 0.613. The number of piperidine rings is 1. The van der Waals surface area contributed by atoms with Crippen LogP contribution in [0.1, 0.15) is 19.8 Å². The van der Waals surface area contributed by atoms with Crippen LogP contribution < -0.4 is 5.32 Å². The molecule has 1 heterocycles. The van der Waals surface area contributed by atoms with Gasteiger partial charge in [0.05, 0.1) is 6.61 Å². The summed E-state index contributed by atoms with van der Waals surface area (Å²) in [7, 11) is 1.80. The summed E-state index contributed by atoms with van der Waals surface area (Å²) in [6.45, 7) is 10.2. The molecule has 1 aliphatic heterocycles. The largest absolute Gasteiger partial charge is 0.384 e. The Balaban J connectivity index is 1.91. The SMILES string of the molecule is CCOCCNCCN1CCC(COC)CC1. The predicted octanol–water partition coefficient (Wildman–Crippen LogP) is 0.971. The van der Waals surface area contributed by atoms with E-state index in [1.54, 1.807) is 7.11 Å². The summed E-state index contributed by atoms with van der Waals surface area (Å²) >= 11 is 0. The second-order valence-electron chi connectivity index (χ2n) is 4.69. The molecule has 0 saturated carbocycles. The smallest absolute Gasteiger partial charge is 0.0590 e. The molecule has 1 N–H and O–H groups in total. The summed E-state index contributed by atoms with van der Waals surface area (Å²) in [5.41, 5.74) is 0. The van der Waals surface area contributed by atoms with Gasteiger partial charge >= 0.3 is 0 Å². The fraction of sp³-hybridized carbons (Fsp3) is 1.00. The van der Waals surface area contributed by atoms with Gasteiger partial charge in [-0.15, -0.1) is 0 Å². The van der Waals surface area contributed by atoms with Crippen molar-refractivity contribution < 1.29 is 9.47 Å². The third-order valence-corrected chi connectivity index (χ3v) is 3.34. The Labute approximate surface area is 106 Å². The lowest BCUT2D eigenvalue weighted by atomic mass is 9.98. The molecular formula is C13H28N2O2. The van der Waals surface area contributed by atoms with E-state index in [4.69, 9.17) is 9.47 Å². The summed E-state index contributed by atoms with van der Waals surface area (Å²) in [6.07, 6.45) is 2.57. The average Bonchev–Trinajstić information content (AvgIpc) is 2.36. The lowest BCUT2D eigenvalue weighted by Gasteiger charge is -2.31. The third kappa shape index (κ3) is 6.99. The first-order valence-corrected chi connectivity index (χ1v) is 6.86. The lowest BCUT2D eigenvalue weighted by Crippen LogP contribution is -2.39. The van der Waals surface area contributed by atoms with Gasteiger partial charge in [-0.2, -0.15) is 0 Å². The lowest BCUT2D eigenvalue weighted by molar-refractivity contribution is 0.0991. The Bertz CT molecular complexity index is 171. The summed E-state index contributed by atoms with van der Waals surface area (Å²) in [6, 6.07) is 0. The molecule has 1 aliphatic rings. The normalized spacial score (nSPS) is 18.7. The van der Waals surface area contributed by atoms with Crippen molar-refractivity contribution in [1.82, 2.24) is 10.2 Å². The highest BCUT2D eigenvalue weighted by molar-refractivity contribution is 4.72. The van der Waals surface area contributed by atoms with Crippen molar-refractivity contribution in [1.29, 1.82) is 0 Å². The molecule has 0 aromatic heterocycles. The molecule has 1 saturated heterocycles. The Morgan fingerprint density at radius 2 is 2.00 bits per heavy atom. The van der Waals surface area contributed by atoms with Crippen molar-refractivity contribution in [3.05, 3.63) is 0 Å². The molecule has 0 aliphatic carbocycles. The monoisotopic (exact) mass is 244 g/mol. The Kier molecular flexibility index (Phi) is 8.61. The average molecular weight is 244 g/mol. The highest BCUT2D eigenvalue weighted by atomic mass is 16.5. The van der Waals surface area contributed by atoms with E-state index in [0.29, 0.717) is 0 Å². The zero-order valence-electron chi connectivity index (χ0n) is 11.4. The topological polar surface area (TPSA) is 33.7 Å². The first-order valence-electron chi connectivity index (χ1n) is 6.86. The number of nitrogens with zero attached hydrogens (tertiary/aromatic N) is 1. The van der Waals surface area contributed by atoms with Crippen LogP contribution in [-0.4, -0.2) is 64.6 Å². The van der Waals surface area contributed by atoms with Crippen LogP contribution in [-0.2, 0) is 9.47 Å². The van der Waals surface area contributed by atoms with Crippen LogP contribution in [0, 0.1) is 5.92 Å². The van der Waals surface area contributed by atoms with Crippen LogP contribution in [0.4, 0.5) is 0 Å². The number of nitrogens with one attached hydrogen (secondary N) is 1. The van der Waals surface area contributed by atoms with Crippen LogP contribution in [0.25, 0.3) is 0 Å². The van der Waals surface area contributed by atoms with E-state index in [-0.39, 0.29) is 0 Å². The number of rotatable bonds is 9. The van der Waals surface area contributed by atoms with E-state index in [9.17, 15) is 0 Å². The molecule has 4 nitrogen and oxygen atoms in total. The standard InChI is InChI=1S/C13H28N2O2/c1-3-17-11-7-14-6-10-15-8-4-13(5-9-15)12-16-2/h13-14H,3-12H2,1-2H3. The summed E-state index contributed by atoms with van der Waals surface area (Å²) in [4.78, 5) is 2.54. The zero-order chi connectivity index (χ0) is 12.3. The van der Waals surface area contributed by atoms with Gasteiger partial charge in [0, 0.05) is 40.0 Å². The highest BCUT2D eigenvalue weighted by Gasteiger charge is 2.18. The van der Waals surface area contributed by atoms with Crippen molar-refractivity contribution >= 4 is 0 Å². The van der Waals surface area contributed by atoms with Crippen LogP contribution in [0.15, 0.2) is 0 Å². The van der Waals surface area contributed by atoms with Crippen molar-refractivity contribution in [3.8, 4) is 0 Å². The Morgan fingerprint density at radius 3 is 2.65 bits per heavy atom. The highest BCUT2D eigenvalue weighted by Crippen LogP contribution is 2.16. The van der Waals surface area contributed by atoms with E-state index in [1.165, 1.54) is 25.9 Å². The third-order valence-electron chi connectivity index (χ3n) is 3.34. The van der Waals surface area contributed by atoms with Gasteiger partial charge in [-0.3, -0.25) is 0 Å². The van der Waals surface area contributed by atoms with Crippen LogP contribution in [0.3, 0.4) is 0 Å². The van der Waals surface area contributed by atoms with Crippen molar-refractivity contribution in [3.63, 3.8) is 0 Å². The predicted molar refractivity (Wildman–Crippen MR) is 70.4 cm³/mol. The molecule has 0 aromatic rings. The van der Waals surface area contributed by atoms with Gasteiger partial charge in [0.25, 0.3) is 0 Å². The summed E-state index contributed by atoms with van der Waals surface area (Å²) in [5.74, 6) is 0.780. The van der Waals surface area contributed by atoms with Crippen molar-refractivity contribution in [2.24, 2.45) is 5.92 Å². The molecule has 0 bridgehead atoms. The first-order chi connectivity index (χ1) is 8.36. The molecule has 0 radical (unpaired) electrons. The Morgan fingerprint density at radius 1 is 1.24 bits per heavy atom.